The van der Waals surface area contributed by atoms with Crippen LogP contribution in [0.5, 0.6) is 0 Å². The molecule has 0 aliphatic carbocycles. The van der Waals surface area contributed by atoms with Gasteiger partial charge in [-0.05, 0) is 117 Å². The van der Waals surface area contributed by atoms with Crippen molar-refractivity contribution in [2.24, 2.45) is 0 Å². The molecule has 13 aromatic rings. The third-order valence-electron chi connectivity index (χ3n) is 12.5. The summed E-state index contributed by atoms with van der Waals surface area (Å²) in [5.74, 6) is 0. The molecule has 0 N–H and O–H groups in total. The van der Waals surface area contributed by atoms with E-state index >= 15 is 0 Å². The second-order valence-electron chi connectivity index (χ2n) is 16.0. The van der Waals surface area contributed by atoms with Gasteiger partial charge < -0.3 is 13.7 Å². The Labute approximate surface area is 360 Å². The Balaban J connectivity index is 0.934. The van der Waals surface area contributed by atoms with E-state index in [-0.39, 0.29) is 0 Å². The highest BCUT2D eigenvalue weighted by Gasteiger charge is 2.21. The molecule has 0 bridgehead atoms. The van der Waals surface area contributed by atoms with Crippen molar-refractivity contribution in [1.29, 1.82) is 0 Å². The summed E-state index contributed by atoms with van der Waals surface area (Å²) in [6.45, 7) is 0. The normalized spacial score (nSPS) is 11.9. The number of nitrogens with zero attached hydrogens (tertiary/aromatic N) is 1. The Bertz CT molecular complexity index is 3860. The maximum Gasteiger partial charge on any atom is 0.147 e. The molecule has 62 heavy (non-hydrogen) atoms. The maximum atomic E-state index is 6.54. The van der Waals surface area contributed by atoms with Crippen LogP contribution >= 0.6 is 11.3 Å². The van der Waals surface area contributed by atoms with E-state index in [0.29, 0.717) is 0 Å². The highest BCUT2D eigenvalue weighted by Crippen LogP contribution is 2.47. The summed E-state index contributed by atoms with van der Waals surface area (Å²) in [5, 5.41) is 9.28. The van der Waals surface area contributed by atoms with E-state index < -0.39 is 0 Å². The number of benzene rings is 10. The number of rotatable bonds is 6. The molecule has 0 amide bonds. The lowest BCUT2D eigenvalue weighted by Crippen LogP contribution is -2.10. The van der Waals surface area contributed by atoms with Gasteiger partial charge in [0.2, 0.25) is 0 Å². The Morgan fingerprint density at radius 1 is 0.355 bits per heavy atom. The average Bonchev–Trinajstić information content (AvgIpc) is 4.04. The predicted octanol–water partition coefficient (Wildman–Crippen LogP) is 17.5. The van der Waals surface area contributed by atoms with Crippen LogP contribution in [0.3, 0.4) is 0 Å². The molecule has 0 atom stereocenters. The smallest absolute Gasteiger partial charge is 0.147 e. The summed E-state index contributed by atoms with van der Waals surface area (Å²) < 4.78 is 15.6. The number of furan rings is 2. The van der Waals surface area contributed by atoms with Crippen LogP contribution in [0.4, 0.5) is 17.1 Å². The van der Waals surface area contributed by atoms with Crippen molar-refractivity contribution in [2.75, 3.05) is 4.90 Å². The highest BCUT2D eigenvalue weighted by atomic mass is 32.1. The minimum absolute atomic E-state index is 0.822. The summed E-state index contributed by atoms with van der Waals surface area (Å²) in [6, 6.07) is 76.3. The quantitative estimate of drug-likeness (QED) is 0.168. The second kappa shape index (κ2) is 13.8. The zero-order chi connectivity index (χ0) is 40.7. The fourth-order valence-corrected chi connectivity index (χ4v) is 10.7. The SMILES string of the molecule is c1ccc(-c2ccc3ccc(-c4ccc(N(c5ccc(-c6cccc7oc8ccc9c%10ccccc%10oc9c8c67)cc5)c5cccc6c5sc5ccccc56)cc4)cc3c2)cc1. The van der Waals surface area contributed by atoms with Crippen molar-refractivity contribution in [2.45, 2.75) is 0 Å². The van der Waals surface area contributed by atoms with Crippen molar-refractivity contribution >= 4 is 103 Å². The third kappa shape index (κ3) is 5.51. The van der Waals surface area contributed by atoms with Gasteiger partial charge in [0.25, 0.3) is 0 Å². The Morgan fingerprint density at radius 2 is 0.968 bits per heavy atom. The molecule has 3 heterocycles. The van der Waals surface area contributed by atoms with Crippen molar-refractivity contribution in [3.8, 4) is 33.4 Å². The Kier molecular flexibility index (Phi) is 7.78. The second-order valence-corrected chi connectivity index (χ2v) is 17.1. The van der Waals surface area contributed by atoms with Gasteiger partial charge in [-0.3, -0.25) is 0 Å². The Morgan fingerprint density at radius 3 is 1.76 bits per heavy atom. The molecule has 0 saturated heterocycles. The number of thiophene rings is 1. The molecule has 0 unspecified atom stereocenters. The van der Waals surface area contributed by atoms with E-state index in [9.17, 15) is 0 Å². The minimum Gasteiger partial charge on any atom is -0.456 e. The highest BCUT2D eigenvalue weighted by molar-refractivity contribution is 7.26. The molecular formula is C58H35NO2S. The standard InChI is InChI=1S/C58H35NO2S/c1-2-10-36(11-3-1)40-22-20-38-21-23-41(35-42(38)34-40)37-24-28-43(29-25-37)59(50-16-8-15-49-47-13-5-7-19-54(47)62-58(49)50)44-30-26-39(27-31-44)45-14-9-18-52-55(45)56-53(60-52)33-32-48-46-12-4-6-17-51(46)61-57(48)56/h1-35H. The first-order chi connectivity index (χ1) is 30.7. The number of hydrogen-bond donors (Lipinski definition) is 0. The largest absolute Gasteiger partial charge is 0.456 e. The fraction of sp³-hybridized carbons (Fsp3) is 0. The van der Waals surface area contributed by atoms with Crippen LogP contribution in [0.2, 0.25) is 0 Å². The zero-order valence-electron chi connectivity index (χ0n) is 33.4. The summed E-state index contributed by atoms with van der Waals surface area (Å²) in [4.78, 5) is 2.41. The predicted molar refractivity (Wildman–Crippen MR) is 262 cm³/mol. The third-order valence-corrected chi connectivity index (χ3v) is 13.7. The lowest BCUT2D eigenvalue weighted by Gasteiger charge is -2.26. The van der Waals surface area contributed by atoms with E-state index in [2.05, 4.69) is 205 Å². The van der Waals surface area contributed by atoms with Crippen LogP contribution in [0, 0.1) is 0 Å². The van der Waals surface area contributed by atoms with Gasteiger partial charge in [0.1, 0.15) is 22.3 Å². The summed E-state index contributed by atoms with van der Waals surface area (Å²) in [6.07, 6.45) is 0. The van der Waals surface area contributed by atoms with Crippen molar-refractivity contribution in [1.82, 2.24) is 0 Å². The first kappa shape index (κ1) is 34.9. The van der Waals surface area contributed by atoms with Crippen molar-refractivity contribution < 1.29 is 8.83 Å². The first-order valence-corrected chi connectivity index (χ1v) is 21.8. The topological polar surface area (TPSA) is 29.5 Å². The van der Waals surface area contributed by atoms with Gasteiger partial charge in [0, 0.05) is 43.0 Å². The van der Waals surface area contributed by atoms with Crippen molar-refractivity contribution in [3.05, 3.63) is 212 Å². The van der Waals surface area contributed by atoms with Crippen LogP contribution in [0.25, 0.3) is 108 Å². The molecule has 13 rings (SSSR count). The molecular weight excluding hydrogens is 775 g/mol. The van der Waals surface area contributed by atoms with E-state index in [1.807, 2.05) is 23.5 Å². The van der Waals surface area contributed by atoms with E-state index in [0.717, 1.165) is 72.1 Å². The zero-order valence-corrected chi connectivity index (χ0v) is 34.2. The molecule has 10 aromatic carbocycles. The van der Waals surface area contributed by atoms with Crippen LogP contribution in [-0.4, -0.2) is 0 Å². The molecule has 0 radical (unpaired) electrons. The first-order valence-electron chi connectivity index (χ1n) is 21.0. The van der Waals surface area contributed by atoms with Gasteiger partial charge in [-0.1, -0.05) is 140 Å². The van der Waals surface area contributed by atoms with Crippen LogP contribution in [0.1, 0.15) is 0 Å². The maximum absolute atomic E-state index is 6.54. The molecule has 0 aliphatic rings. The van der Waals surface area contributed by atoms with Gasteiger partial charge in [-0.25, -0.2) is 0 Å². The number of anilines is 3. The van der Waals surface area contributed by atoms with Gasteiger partial charge in [0.15, 0.2) is 0 Å². The monoisotopic (exact) mass is 809 g/mol. The van der Waals surface area contributed by atoms with Crippen molar-refractivity contribution in [3.63, 3.8) is 0 Å². The summed E-state index contributed by atoms with van der Waals surface area (Å²) >= 11 is 1.85. The van der Waals surface area contributed by atoms with Gasteiger partial charge in [-0.2, -0.15) is 0 Å². The molecule has 0 fully saturated rings. The molecule has 4 heteroatoms. The van der Waals surface area contributed by atoms with Crippen LogP contribution in [-0.2, 0) is 0 Å². The molecule has 3 aromatic heterocycles. The molecule has 0 saturated carbocycles. The van der Waals surface area contributed by atoms with E-state index in [1.165, 1.54) is 53.2 Å². The van der Waals surface area contributed by atoms with Crippen LogP contribution < -0.4 is 4.90 Å². The molecule has 290 valence electrons. The van der Waals surface area contributed by atoms with Gasteiger partial charge in [-0.15, -0.1) is 11.3 Å². The number of hydrogen-bond acceptors (Lipinski definition) is 4. The molecule has 0 spiro atoms. The van der Waals surface area contributed by atoms with Gasteiger partial charge >= 0.3 is 0 Å². The fourth-order valence-electron chi connectivity index (χ4n) is 9.49. The minimum atomic E-state index is 0.822. The van der Waals surface area contributed by atoms with Gasteiger partial charge in [0.05, 0.1) is 15.8 Å². The van der Waals surface area contributed by atoms with E-state index in [1.54, 1.807) is 0 Å². The summed E-state index contributed by atoms with van der Waals surface area (Å²) in [5.41, 5.74) is 13.8. The van der Waals surface area contributed by atoms with Crippen LogP contribution in [0.15, 0.2) is 221 Å². The molecule has 0 aliphatic heterocycles. The van der Waals surface area contributed by atoms with E-state index in [4.69, 9.17) is 8.83 Å². The number of para-hydroxylation sites is 1. The molecule has 3 nitrogen and oxygen atoms in total. The Hall–Kier alpha value is -7.92. The lowest BCUT2D eigenvalue weighted by atomic mass is 9.97. The average molecular weight is 810 g/mol. The summed E-state index contributed by atoms with van der Waals surface area (Å²) in [7, 11) is 0. The lowest BCUT2D eigenvalue weighted by molar-refractivity contribution is 0.663. The number of fused-ring (bicyclic) bond motifs is 11.